The molecule has 1 aliphatic carbocycles. The van der Waals surface area contributed by atoms with Crippen molar-refractivity contribution in [3.63, 3.8) is 0 Å². The molecular formula is C14H24O. The van der Waals surface area contributed by atoms with Crippen molar-refractivity contribution in [3.8, 4) is 0 Å². The molecule has 0 aromatic heterocycles. The molecule has 0 aromatic rings. The molecule has 0 radical (unpaired) electrons. The van der Waals surface area contributed by atoms with Gasteiger partial charge in [-0.3, -0.25) is 0 Å². The second-order valence-electron chi connectivity index (χ2n) is 4.92. The minimum absolute atomic E-state index is 0.167. The van der Waals surface area contributed by atoms with Crippen LogP contribution in [-0.4, -0.2) is 5.78 Å². The van der Waals surface area contributed by atoms with Gasteiger partial charge in [0, 0.05) is 0 Å². The zero-order valence-electron chi connectivity index (χ0n) is 11.0. The first-order valence-corrected chi connectivity index (χ1v) is 5.62. The summed E-state index contributed by atoms with van der Waals surface area (Å²) in [6, 6.07) is 0. The lowest BCUT2D eigenvalue weighted by Crippen LogP contribution is -2.18. The van der Waals surface area contributed by atoms with Crippen LogP contribution in [0, 0.1) is 5.41 Å². The molecule has 1 heteroatoms. The normalized spacial score (nSPS) is 21.5. The zero-order chi connectivity index (χ0) is 12.1. The Morgan fingerprint density at radius 3 is 2.13 bits per heavy atom. The standard InChI is InChI=1S/C11H18.C3H6O/c1-5-10-9(2)7-6-8-11(10,3)4;1-3(2)4/h5,7H,6,8H2,1-4H3;1-2H3/b10-5+;. The first-order chi connectivity index (χ1) is 6.81. The summed E-state index contributed by atoms with van der Waals surface area (Å²) in [4.78, 5) is 9.44. The van der Waals surface area contributed by atoms with E-state index in [0.717, 1.165) is 0 Å². The van der Waals surface area contributed by atoms with Gasteiger partial charge >= 0.3 is 0 Å². The van der Waals surface area contributed by atoms with Crippen LogP contribution in [0.25, 0.3) is 0 Å². The van der Waals surface area contributed by atoms with Crippen LogP contribution in [0.1, 0.15) is 54.4 Å². The van der Waals surface area contributed by atoms with Crippen molar-refractivity contribution >= 4 is 5.78 Å². The van der Waals surface area contributed by atoms with Gasteiger partial charge in [-0.15, -0.1) is 0 Å². The Labute approximate surface area is 94.3 Å². The highest BCUT2D eigenvalue weighted by Crippen LogP contribution is 2.39. The number of carbonyl (C=O) groups excluding carboxylic acids is 1. The van der Waals surface area contributed by atoms with E-state index in [4.69, 9.17) is 0 Å². The Morgan fingerprint density at radius 1 is 1.40 bits per heavy atom. The second kappa shape index (κ2) is 5.89. The number of rotatable bonds is 0. The molecule has 0 aliphatic heterocycles. The highest BCUT2D eigenvalue weighted by molar-refractivity contribution is 5.72. The van der Waals surface area contributed by atoms with Crippen molar-refractivity contribution in [1.29, 1.82) is 0 Å². The average Bonchev–Trinajstić information content (AvgIpc) is 2.01. The van der Waals surface area contributed by atoms with Crippen molar-refractivity contribution in [3.05, 3.63) is 23.3 Å². The number of hydrogen-bond acceptors (Lipinski definition) is 1. The van der Waals surface area contributed by atoms with E-state index in [1.165, 1.54) is 37.8 Å². The summed E-state index contributed by atoms with van der Waals surface area (Å²) in [5.74, 6) is 0.167. The van der Waals surface area contributed by atoms with Gasteiger partial charge in [0.05, 0.1) is 0 Å². The molecule has 0 bridgehead atoms. The fourth-order valence-electron chi connectivity index (χ4n) is 2.05. The zero-order valence-corrected chi connectivity index (χ0v) is 11.0. The summed E-state index contributed by atoms with van der Waals surface area (Å²) in [7, 11) is 0. The fourth-order valence-corrected chi connectivity index (χ4v) is 2.05. The van der Waals surface area contributed by atoms with Gasteiger partial charge in [-0.05, 0) is 51.5 Å². The second-order valence-corrected chi connectivity index (χ2v) is 4.92. The molecule has 0 saturated carbocycles. The number of allylic oxidation sites excluding steroid dienone is 4. The molecule has 0 unspecified atom stereocenters. The van der Waals surface area contributed by atoms with E-state index >= 15 is 0 Å². The molecule has 1 nitrogen and oxygen atoms in total. The molecule has 0 heterocycles. The third kappa shape index (κ3) is 4.96. The monoisotopic (exact) mass is 208 g/mol. The lowest BCUT2D eigenvalue weighted by Gasteiger charge is -2.32. The SMILES string of the molecule is C/C=C1\C(C)=CCCC1(C)C.CC(C)=O. The maximum Gasteiger partial charge on any atom is 0.126 e. The van der Waals surface area contributed by atoms with Crippen molar-refractivity contribution in [1.82, 2.24) is 0 Å². The summed E-state index contributed by atoms with van der Waals surface area (Å²) in [5.41, 5.74) is 3.42. The number of carbonyl (C=O) groups is 1. The van der Waals surface area contributed by atoms with Crippen molar-refractivity contribution in [2.45, 2.75) is 54.4 Å². The summed E-state index contributed by atoms with van der Waals surface area (Å²) in [5, 5.41) is 0. The van der Waals surface area contributed by atoms with Crippen molar-refractivity contribution in [2.75, 3.05) is 0 Å². The summed E-state index contributed by atoms with van der Waals surface area (Å²) in [6.45, 7) is 12.1. The molecule has 0 saturated heterocycles. The number of Topliss-reactive ketones (excluding diaryl/α,β-unsaturated/α-hetero) is 1. The highest BCUT2D eigenvalue weighted by atomic mass is 16.1. The van der Waals surface area contributed by atoms with E-state index in [9.17, 15) is 4.79 Å². The molecule has 0 fully saturated rings. The van der Waals surface area contributed by atoms with Gasteiger partial charge in [-0.25, -0.2) is 0 Å². The fraction of sp³-hybridized carbons (Fsp3) is 0.643. The smallest absolute Gasteiger partial charge is 0.126 e. The largest absolute Gasteiger partial charge is 0.300 e. The molecule has 0 amide bonds. The van der Waals surface area contributed by atoms with Crippen LogP contribution in [0.15, 0.2) is 23.3 Å². The van der Waals surface area contributed by atoms with Gasteiger partial charge in [0.25, 0.3) is 0 Å². The van der Waals surface area contributed by atoms with Gasteiger partial charge in [0.1, 0.15) is 5.78 Å². The predicted molar refractivity (Wildman–Crippen MR) is 66.9 cm³/mol. The maximum absolute atomic E-state index is 9.44. The lowest BCUT2D eigenvalue weighted by molar-refractivity contribution is -0.114. The van der Waals surface area contributed by atoms with Crippen LogP contribution < -0.4 is 0 Å². The van der Waals surface area contributed by atoms with E-state index in [1.54, 1.807) is 0 Å². The Bertz CT molecular complexity index is 276. The summed E-state index contributed by atoms with van der Waals surface area (Å²) < 4.78 is 0. The Kier molecular flexibility index (Phi) is 5.56. The first-order valence-electron chi connectivity index (χ1n) is 5.62. The molecule has 0 N–H and O–H groups in total. The lowest BCUT2D eigenvalue weighted by atomic mass is 9.73. The Morgan fingerprint density at radius 2 is 1.87 bits per heavy atom. The van der Waals surface area contributed by atoms with E-state index in [1.807, 2.05) is 0 Å². The first kappa shape index (κ1) is 14.2. The Balaban J connectivity index is 0.000000423. The molecule has 0 atom stereocenters. The minimum atomic E-state index is 0.167. The minimum Gasteiger partial charge on any atom is -0.300 e. The molecular weight excluding hydrogens is 184 g/mol. The van der Waals surface area contributed by atoms with Crippen LogP contribution in [0.2, 0.25) is 0 Å². The van der Waals surface area contributed by atoms with Crippen molar-refractivity contribution in [2.24, 2.45) is 5.41 Å². The van der Waals surface area contributed by atoms with Crippen LogP contribution in [-0.2, 0) is 4.79 Å². The molecule has 86 valence electrons. The Hall–Kier alpha value is -0.850. The van der Waals surface area contributed by atoms with E-state index in [0.29, 0.717) is 5.41 Å². The van der Waals surface area contributed by atoms with Gasteiger partial charge in [-0.2, -0.15) is 0 Å². The van der Waals surface area contributed by atoms with Crippen LogP contribution in [0.4, 0.5) is 0 Å². The maximum atomic E-state index is 9.44. The molecule has 0 spiro atoms. The van der Waals surface area contributed by atoms with Crippen LogP contribution in [0.3, 0.4) is 0 Å². The number of hydrogen-bond donors (Lipinski definition) is 0. The molecule has 0 aromatic carbocycles. The van der Waals surface area contributed by atoms with Gasteiger partial charge in [-0.1, -0.05) is 31.6 Å². The molecule has 1 aliphatic rings. The van der Waals surface area contributed by atoms with Gasteiger partial charge < -0.3 is 4.79 Å². The topological polar surface area (TPSA) is 17.1 Å². The van der Waals surface area contributed by atoms with Crippen molar-refractivity contribution < 1.29 is 4.79 Å². The van der Waals surface area contributed by atoms with Gasteiger partial charge in [0.2, 0.25) is 0 Å². The third-order valence-electron chi connectivity index (χ3n) is 2.66. The quantitative estimate of drug-likeness (QED) is 0.580. The molecule has 1 rings (SSSR count). The molecule has 15 heavy (non-hydrogen) atoms. The van der Waals surface area contributed by atoms with Crippen LogP contribution in [0.5, 0.6) is 0 Å². The average molecular weight is 208 g/mol. The van der Waals surface area contributed by atoms with E-state index in [-0.39, 0.29) is 5.78 Å². The summed E-state index contributed by atoms with van der Waals surface area (Å²) >= 11 is 0. The number of ketones is 1. The third-order valence-corrected chi connectivity index (χ3v) is 2.66. The van der Waals surface area contributed by atoms with E-state index < -0.39 is 0 Å². The van der Waals surface area contributed by atoms with Crippen LogP contribution >= 0.6 is 0 Å². The van der Waals surface area contributed by atoms with Gasteiger partial charge in [0.15, 0.2) is 0 Å². The predicted octanol–water partition coefficient (Wildman–Crippen LogP) is 4.29. The van der Waals surface area contributed by atoms with E-state index in [2.05, 4.69) is 39.8 Å². The highest BCUT2D eigenvalue weighted by Gasteiger charge is 2.25. The summed E-state index contributed by atoms with van der Waals surface area (Å²) in [6.07, 6.45) is 7.14.